The molecule has 4 rings (SSSR count). The first kappa shape index (κ1) is 25.5. The van der Waals surface area contributed by atoms with E-state index in [2.05, 4.69) is 10.3 Å². The van der Waals surface area contributed by atoms with Crippen LogP contribution in [0, 0.1) is 0 Å². The molecule has 0 aliphatic rings. The molecule has 0 unspecified atom stereocenters. The Bertz CT molecular complexity index is 1470. The van der Waals surface area contributed by atoms with E-state index < -0.39 is 16.0 Å². The molecule has 8 nitrogen and oxygen atoms in total. The number of fused-ring (bicyclic) bond motifs is 1. The number of unbranched alkanes of at least 4 members (excludes halogenated alkanes) is 1. The van der Waals surface area contributed by atoms with E-state index in [1.165, 1.54) is 16.1 Å². The van der Waals surface area contributed by atoms with Gasteiger partial charge in [-0.15, -0.1) is 3.97 Å². The van der Waals surface area contributed by atoms with E-state index in [1.807, 2.05) is 13.0 Å². The predicted molar refractivity (Wildman–Crippen MR) is 139 cm³/mol. The Hall–Kier alpha value is -3.63. The summed E-state index contributed by atoms with van der Waals surface area (Å²) in [5, 5.41) is 3.09. The number of H-pyrrole nitrogens is 1. The minimum Gasteiger partial charge on any atom is -0.462 e. The van der Waals surface area contributed by atoms with E-state index in [0.29, 0.717) is 34.0 Å². The molecule has 0 bridgehead atoms. The number of carbonyl (C=O) groups excluding carboxylic acids is 2. The van der Waals surface area contributed by atoms with Crippen molar-refractivity contribution >= 4 is 50.4 Å². The number of imidazole rings is 1. The zero-order chi connectivity index (χ0) is 25.5. The van der Waals surface area contributed by atoms with Crippen LogP contribution in [0.4, 0.5) is 5.69 Å². The predicted octanol–water partition coefficient (Wildman–Crippen LogP) is 4.38. The van der Waals surface area contributed by atoms with E-state index in [4.69, 9.17) is 4.74 Å². The summed E-state index contributed by atoms with van der Waals surface area (Å²) in [6, 6.07) is 21.7. The van der Waals surface area contributed by atoms with Gasteiger partial charge in [-0.3, -0.25) is 4.79 Å². The Balaban J connectivity index is 1.47. The maximum absolute atomic E-state index is 13.4. The fraction of sp³-hybridized carbons (Fsp3) is 0.192. The number of aromatic amines is 1. The number of rotatable bonds is 10. The van der Waals surface area contributed by atoms with Gasteiger partial charge in [-0.25, -0.2) is 9.78 Å². The lowest BCUT2D eigenvalue weighted by Gasteiger charge is -2.07. The molecule has 1 aromatic heterocycles. The summed E-state index contributed by atoms with van der Waals surface area (Å²) in [4.78, 5) is 27.9. The van der Waals surface area contributed by atoms with E-state index in [1.54, 1.807) is 60.7 Å². The van der Waals surface area contributed by atoms with Gasteiger partial charge in [0.25, 0.3) is 0 Å². The average molecular weight is 525 g/mol. The van der Waals surface area contributed by atoms with E-state index in [-0.39, 0.29) is 16.6 Å². The molecule has 0 aliphatic carbocycles. The molecule has 0 fully saturated rings. The topological polar surface area (TPSA) is 109 Å². The molecule has 0 aliphatic heterocycles. The Kier molecular flexibility index (Phi) is 8.07. The largest absolute Gasteiger partial charge is 0.462 e. The summed E-state index contributed by atoms with van der Waals surface area (Å²) in [5.74, 6) is -0.752. The molecule has 4 aromatic rings. The average Bonchev–Trinajstić information content (AvgIpc) is 3.28. The summed E-state index contributed by atoms with van der Waals surface area (Å²) >= 11 is 1.08. The maximum Gasteiger partial charge on any atom is 0.338 e. The normalized spacial score (nSPS) is 11.4. The highest BCUT2D eigenvalue weighted by Crippen LogP contribution is 2.22. The molecule has 36 heavy (non-hydrogen) atoms. The van der Waals surface area contributed by atoms with Crippen molar-refractivity contribution in [1.82, 2.24) is 4.98 Å². The van der Waals surface area contributed by atoms with Crippen molar-refractivity contribution in [2.24, 2.45) is 0 Å². The third kappa shape index (κ3) is 5.77. The number of para-hydroxylation sites is 2. The molecule has 10 heteroatoms. The van der Waals surface area contributed by atoms with Gasteiger partial charge >= 0.3 is 21.1 Å². The number of nitrogens with one attached hydrogen (secondary N) is 2. The lowest BCUT2D eigenvalue weighted by Crippen LogP contribution is -2.44. The summed E-state index contributed by atoms with van der Waals surface area (Å²) in [7, 11) is -3.89. The lowest BCUT2D eigenvalue weighted by molar-refractivity contribution is -0.526. The van der Waals surface area contributed by atoms with Gasteiger partial charge in [0.2, 0.25) is 5.91 Å². The number of carbonyl (C=O) groups is 2. The first-order valence-electron chi connectivity index (χ1n) is 11.4. The number of nitrogens with zero attached hydrogens (tertiary/aromatic N) is 1. The van der Waals surface area contributed by atoms with Gasteiger partial charge in [0.15, 0.2) is 11.0 Å². The number of ether oxygens (including phenoxy) is 1. The molecule has 186 valence electrons. The zero-order valence-corrected chi connectivity index (χ0v) is 21.3. The van der Waals surface area contributed by atoms with Crippen molar-refractivity contribution < 1.29 is 26.7 Å². The highest BCUT2D eigenvalue weighted by Gasteiger charge is 2.31. The van der Waals surface area contributed by atoms with Crippen LogP contribution in [0.25, 0.3) is 11.0 Å². The fourth-order valence-electron chi connectivity index (χ4n) is 3.48. The second-order valence-electron chi connectivity index (χ2n) is 7.93. The number of benzene rings is 3. The minimum atomic E-state index is -3.89. The number of thioether (sulfide) groups is 1. The van der Waals surface area contributed by atoms with Crippen molar-refractivity contribution in [1.29, 1.82) is 0 Å². The Labute approximate surface area is 213 Å². The van der Waals surface area contributed by atoms with Crippen LogP contribution in [0.1, 0.15) is 30.1 Å². The SMILES string of the molecule is CCCCOC(=O)c1ccc(NC(=O)CSc2[nH]c3ccccc3[n+]2S(=O)(=O)c2ccccc2)cc1. The summed E-state index contributed by atoms with van der Waals surface area (Å²) in [5.41, 5.74) is 2.06. The van der Waals surface area contributed by atoms with Gasteiger partial charge in [0.05, 0.1) is 17.9 Å². The van der Waals surface area contributed by atoms with Crippen LogP contribution in [-0.4, -0.2) is 37.6 Å². The summed E-state index contributed by atoms with van der Waals surface area (Å²) < 4.78 is 33.3. The van der Waals surface area contributed by atoms with Gasteiger partial charge in [0, 0.05) is 5.69 Å². The molecule has 2 N–H and O–H groups in total. The van der Waals surface area contributed by atoms with Gasteiger partial charge < -0.3 is 10.1 Å². The Morgan fingerprint density at radius 2 is 1.67 bits per heavy atom. The minimum absolute atomic E-state index is 0.0298. The van der Waals surface area contributed by atoms with Crippen LogP contribution in [0.5, 0.6) is 0 Å². The monoisotopic (exact) mass is 524 g/mol. The molecule has 0 atom stereocenters. The van der Waals surface area contributed by atoms with Crippen molar-refractivity contribution in [3.05, 3.63) is 84.4 Å². The van der Waals surface area contributed by atoms with Crippen LogP contribution >= 0.6 is 11.8 Å². The second-order valence-corrected chi connectivity index (χ2v) is 10.7. The first-order valence-corrected chi connectivity index (χ1v) is 13.9. The Morgan fingerprint density at radius 3 is 2.39 bits per heavy atom. The molecule has 1 amide bonds. The first-order chi connectivity index (χ1) is 17.4. The smallest absolute Gasteiger partial charge is 0.338 e. The van der Waals surface area contributed by atoms with Crippen molar-refractivity contribution in [2.45, 2.75) is 29.8 Å². The molecular weight excluding hydrogens is 498 g/mol. The van der Waals surface area contributed by atoms with E-state index >= 15 is 0 Å². The number of hydrogen-bond acceptors (Lipinski definition) is 6. The van der Waals surface area contributed by atoms with Gasteiger partial charge in [-0.1, -0.05) is 43.7 Å². The number of esters is 1. The molecule has 1 heterocycles. The van der Waals surface area contributed by atoms with Crippen molar-refractivity contribution in [3.8, 4) is 0 Å². The molecular formula is C26H26N3O5S2+. The zero-order valence-electron chi connectivity index (χ0n) is 19.6. The standard InChI is InChI=1S/C26H25N3O5S2/c1-2-3-17-34-25(31)19-13-15-20(16-14-19)27-24(30)18-35-26-28-22-11-7-8-12-23(22)29(26)36(32,33)21-9-5-4-6-10-21/h4-16H,2-3,17-18H2,1H3,(H,27,30,31)/p+1. The quantitative estimate of drug-likeness (QED) is 0.138. The number of amides is 1. The van der Waals surface area contributed by atoms with Crippen LogP contribution in [0.2, 0.25) is 0 Å². The number of hydrogen-bond donors (Lipinski definition) is 2. The third-order valence-electron chi connectivity index (χ3n) is 5.31. The molecule has 0 saturated heterocycles. The maximum atomic E-state index is 13.4. The number of aromatic nitrogens is 2. The third-order valence-corrected chi connectivity index (χ3v) is 8.11. The van der Waals surface area contributed by atoms with Crippen molar-refractivity contribution in [3.63, 3.8) is 0 Å². The van der Waals surface area contributed by atoms with Crippen molar-refractivity contribution in [2.75, 3.05) is 17.7 Å². The number of anilines is 1. The van der Waals surface area contributed by atoms with Crippen LogP contribution in [-0.2, 0) is 19.6 Å². The molecule has 0 spiro atoms. The molecule has 0 saturated carbocycles. The van der Waals surface area contributed by atoms with Crippen LogP contribution in [0.15, 0.2) is 88.9 Å². The highest BCUT2D eigenvalue weighted by atomic mass is 32.2. The van der Waals surface area contributed by atoms with E-state index in [0.717, 1.165) is 24.6 Å². The van der Waals surface area contributed by atoms with Crippen LogP contribution in [0.3, 0.4) is 0 Å². The van der Waals surface area contributed by atoms with Gasteiger partial charge in [-0.05, 0) is 66.7 Å². The molecule has 3 aromatic carbocycles. The van der Waals surface area contributed by atoms with Gasteiger partial charge in [-0.2, -0.15) is 8.42 Å². The Morgan fingerprint density at radius 1 is 0.972 bits per heavy atom. The lowest BCUT2D eigenvalue weighted by atomic mass is 10.2. The van der Waals surface area contributed by atoms with Gasteiger partial charge in [0.1, 0.15) is 4.90 Å². The summed E-state index contributed by atoms with van der Waals surface area (Å²) in [6.07, 6.45) is 1.74. The van der Waals surface area contributed by atoms with Crippen LogP contribution < -0.4 is 9.29 Å². The molecule has 0 radical (unpaired) electrons. The fourth-order valence-corrected chi connectivity index (χ4v) is 6.06. The highest BCUT2D eigenvalue weighted by molar-refractivity contribution is 8.00. The summed E-state index contributed by atoms with van der Waals surface area (Å²) in [6.45, 7) is 2.39. The second kappa shape index (κ2) is 11.4. The van der Waals surface area contributed by atoms with E-state index in [9.17, 15) is 18.0 Å².